The van der Waals surface area contributed by atoms with E-state index in [4.69, 9.17) is 15.2 Å². The van der Waals surface area contributed by atoms with Crippen LogP contribution in [0, 0.1) is 11.3 Å². The van der Waals surface area contributed by atoms with E-state index in [0.717, 1.165) is 5.56 Å². The van der Waals surface area contributed by atoms with Gasteiger partial charge in [0, 0.05) is 15.7 Å². The van der Waals surface area contributed by atoms with E-state index < -0.39 is 17.3 Å². The summed E-state index contributed by atoms with van der Waals surface area (Å²) in [4.78, 5) is 26.5. The van der Waals surface area contributed by atoms with Crippen molar-refractivity contribution in [1.29, 1.82) is 5.26 Å². The number of carbonyl (C=O) groups excluding carboxylic acids is 2. The molecule has 30 heavy (non-hydrogen) atoms. The number of fused-ring (bicyclic) bond motifs is 2. The molecular formula is C22H16BrN3O4. The fraction of sp³-hybridized carbons (Fsp3) is 0.136. The van der Waals surface area contributed by atoms with Crippen LogP contribution in [-0.4, -0.2) is 11.9 Å². The standard InChI is InChI=1S/C22H16BrN3O4/c1-12-18(20(27)29-11-13-5-3-2-4-6-13)22(16(10-24)19(25)30-12)15-9-14(23)7-8-17(15)26-21(22)28/h2-9H,11,25H2,1H3,(H,26,28). The van der Waals surface area contributed by atoms with Crippen molar-refractivity contribution in [1.82, 2.24) is 0 Å². The Hall–Kier alpha value is -3.57. The molecular weight excluding hydrogens is 450 g/mol. The first-order valence-electron chi connectivity index (χ1n) is 9.01. The number of esters is 1. The van der Waals surface area contributed by atoms with E-state index >= 15 is 0 Å². The monoisotopic (exact) mass is 465 g/mol. The summed E-state index contributed by atoms with van der Waals surface area (Å²) < 4.78 is 11.7. The highest BCUT2D eigenvalue weighted by atomic mass is 79.9. The second kappa shape index (κ2) is 7.35. The van der Waals surface area contributed by atoms with Gasteiger partial charge in [-0.25, -0.2) is 4.79 Å². The molecule has 0 bridgehead atoms. The van der Waals surface area contributed by atoms with Crippen molar-refractivity contribution in [2.75, 3.05) is 5.32 Å². The third-order valence-corrected chi connectivity index (χ3v) is 5.61. The number of nitriles is 1. The Balaban J connectivity index is 1.86. The average Bonchev–Trinajstić information content (AvgIpc) is 2.99. The summed E-state index contributed by atoms with van der Waals surface area (Å²) in [5.41, 5.74) is 5.68. The molecule has 7 nitrogen and oxygen atoms in total. The molecule has 1 atom stereocenters. The molecule has 2 aliphatic heterocycles. The zero-order valence-electron chi connectivity index (χ0n) is 15.9. The number of allylic oxidation sites excluding steroid dienone is 1. The van der Waals surface area contributed by atoms with E-state index in [1.807, 2.05) is 36.4 Å². The van der Waals surface area contributed by atoms with Crippen LogP contribution in [0.3, 0.4) is 0 Å². The predicted octanol–water partition coefficient (Wildman–Crippen LogP) is 3.38. The molecule has 150 valence electrons. The zero-order chi connectivity index (χ0) is 21.5. The number of benzene rings is 2. The third-order valence-electron chi connectivity index (χ3n) is 5.11. The van der Waals surface area contributed by atoms with Crippen molar-refractivity contribution in [3.8, 4) is 6.07 Å². The molecule has 4 rings (SSSR count). The number of halogens is 1. The van der Waals surface area contributed by atoms with Crippen LogP contribution in [-0.2, 0) is 31.1 Å². The van der Waals surface area contributed by atoms with E-state index in [1.54, 1.807) is 18.2 Å². The number of hydrogen-bond donors (Lipinski definition) is 2. The molecule has 2 aromatic rings. The minimum absolute atomic E-state index is 0.000572. The molecule has 1 amide bonds. The molecule has 1 unspecified atom stereocenters. The Labute approximate surface area is 180 Å². The summed E-state index contributed by atoms with van der Waals surface area (Å²) in [6.45, 7) is 1.52. The van der Waals surface area contributed by atoms with Crippen molar-refractivity contribution in [3.63, 3.8) is 0 Å². The molecule has 0 aromatic heterocycles. The summed E-state index contributed by atoms with van der Waals surface area (Å²) in [6, 6.07) is 16.2. The van der Waals surface area contributed by atoms with E-state index in [1.165, 1.54) is 6.92 Å². The van der Waals surface area contributed by atoms with Crippen LogP contribution in [0.5, 0.6) is 0 Å². The number of nitrogens with two attached hydrogens (primary N) is 1. The first-order chi connectivity index (χ1) is 14.4. The zero-order valence-corrected chi connectivity index (χ0v) is 17.4. The van der Waals surface area contributed by atoms with Crippen LogP contribution in [0.25, 0.3) is 0 Å². The number of amides is 1. The summed E-state index contributed by atoms with van der Waals surface area (Å²) in [6.07, 6.45) is 0. The lowest BCUT2D eigenvalue weighted by Crippen LogP contribution is -2.45. The Bertz CT molecular complexity index is 1180. The average molecular weight is 466 g/mol. The number of nitrogens with one attached hydrogen (secondary N) is 1. The number of ether oxygens (including phenoxy) is 2. The van der Waals surface area contributed by atoms with Crippen molar-refractivity contribution >= 4 is 33.5 Å². The molecule has 2 aliphatic rings. The highest BCUT2D eigenvalue weighted by Crippen LogP contribution is 2.52. The fourth-order valence-electron chi connectivity index (χ4n) is 3.84. The maximum atomic E-state index is 13.3. The maximum Gasteiger partial charge on any atom is 0.339 e. The lowest BCUT2D eigenvalue weighted by Gasteiger charge is -2.34. The minimum Gasteiger partial charge on any atom is -0.457 e. The first kappa shape index (κ1) is 19.7. The van der Waals surface area contributed by atoms with Gasteiger partial charge in [-0.1, -0.05) is 46.3 Å². The van der Waals surface area contributed by atoms with Crippen LogP contribution >= 0.6 is 15.9 Å². The quantitative estimate of drug-likeness (QED) is 0.671. The molecule has 8 heteroatoms. The van der Waals surface area contributed by atoms with Gasteiger partial charge in [0.1, 0.15) is 29.6 Å². The van der Waals surface area contributed by atoms with Crippen molar-refractivity contribution in [3.05, 3.63) is 86.9 Å². The maximum absolute atomic E-state index is 13.3. The Morgan fingerprint density at radius 3 is 2.73 bits per heavy atom. The highest BCUT2D eigenvalue weighted by Gasteiger charge is 2.59. The Morgan fingerprint density at radius 2 is 2.03 bits per heavy atom. The lowest BCUT2D eigenvalue weighted by atomic mass is 9.68. The van der Waals surface area contributed by atoms with Gasteiger partial charge in [-0.3, -0.25) is 4.79 Å². The van der Waals surface area contributed by atoms with Gasteiger partial charge in [0.15, 0.2) is 5.41 Å². The fourth-order valence-corrected chi connectivity index (χ4v) is 4.20. The molecule has 3 N–H and O–H groups in total. The summed E-state index contributed by atoms with van der Waals surface area (Å²) in [7, 11) is 0. The van der Waals surface area contributed by atoms with Gasteiger partial charge < -0.3 is 20.5 Å². The third kappa shape index (κ3) is 2.86. The number of anilines is 1. The van der Waals surface area contributed by atoms with Gasteiger partial charge in [0.25, 0.3) is 0 Å². The summed E-state index contributed by atoms with van der Waals surface area (Å²) in [5.74, 6) is -1.45. The topological polar surface area (TPSA) is 114 Å². The lowest BCUT2D eigenvalue weighted by molar-refractivity contribution is -0.142. The Morgan fingerprint density at radius 1 is 1.30 bits per heavy atom. The summed E-state index contributed by atoms with van der Waals surface area (Å²) >= 11 is 3.39. The first-order valence-corrected chi connectivity index (χ1v) is 9.81. The molecule has 0 saturated carbocycles. The number of carbonyl (C=O) groups is 2. The van der Waals surface area contributed by atoms with Gasteiger partial charge in [0.2, 0.25) is 11.8 Å². The van der Waals surface area contributed by atoms with Gasteiger partial charge in [-0.2, -0.15) is 5.26 Å². The van der Waals surface area contributed by atoms with Gasteiger partial charge >= 0.3 is 5.97 Å². The molecule has 0 aliphatic carbocycles. The molecule has 0 saturated heterocycles. The smallest absolute Gasteiger partial charge is 0.339 e. The van der Waals surface area contributed by atoms with Crippen LogP contribution < -0.4 is 11.1 Å². The molecule has 0 fully saturated rings. The normalized spacial score (nSPS) is 19.8. The predicted molar refractivity (Wildman–Crippen MR) is 111 cm³/mol. The van der Waals surface area contributed by atoms with Crippen LogP contribution in [0.15, 0.2) is 75.8 Å². The second-order valence-corrected chi connectivity index (χ2v) is 7.76. The van der Waals surface area contributed by atoms with Crippen molar-refractivity contribution in [2.24, 2.45) is 5.73 Å². The molecule has 1 spiro atoms. The van der Waals surface area contributed by atoms with E-state index in [0.29, 0.717) is 15.7 Å². The molecule has 2 heterocycles. The van der Waals surface area contributed by atoms with Gasteiger partial charge in [-0.15, -0.1) is 0 Å². The number of rotatable bonds is 3. The molecule has 2 aromatic carbocycles. The largest absolute Gasteiger partial charge is 0.457 e. The van der Waals surface area contributed by atoms with Crippen molar-refractivity contribution in [2.45, 2.75) is 18.9 Å². The van der Waals surface area contributed by atoms with Crippen LogP contribution in [0.2, 0.25) is 0 Å². The van der Waals surface area contributed by atoms with Gasteiger partial charge in [-0.05, 0) is 30.7 Å². The molecule has 0 radical (unpaired) electrons. The number of nitrogens with zero attached hydrogens (tertiary/aromatic N) is 1. The Kier molecular flexibility index (Phi) is 4.84. The van der Waals surface area contributed by atoms with Crippen molar-refractivity contribution < 1.29 is 19.1 Å². The van der Waals surface area contributed by atoms with E-state index in [9.17, 15) is 14.9 Å². The number of hydrogen-bond acceptors (Lipinski definition) is 6. The summed E-state index contributed by atoms with van der Waals surface area (Å²) in [5, 5.41) is 12.6. The van der Waals surface area contributed by atoms with E-state index in [-0.39, 0.29) is 29.4 Å². The second-order valence-electron chi connectivity index (χ2n) is 6.84. The minimum atomic E-state index is -1.76. The SMILES string of the molecule is CC1=C(C(=O)OCc2ccccc2)C2(C(=O)Nc3ccc(Br)cc32)C(C#N)=C(N)O1. The van der Waals surface area contributed by atoms with Gasteiger partial charge in [0.05, 0.1) is 0 Å². The van der Waals surface area contributed by atoms with E-state index in [2.05, 4.69) is 21.2 Å². The van der Waals surface area contributed by atoms with Crippen LogP contribution in [0.1, 0.15) is 18.1 Å². The highest BCUT2D eigenvalue weighted by molar-refractivity contribution is 9.10. The van der Waals surface area contributed by atoms with Crippen LogP contribution in [0.4, 0.5) is 5.69 Å².